The van der Waals surface area contributed by atoms with Crippen molar-refractivity contribution in [1.82, 2.24) is 10.3 Å². The average Bonchev–Trinajstić information content (AvgIpc) is 3.22. The van der Waals surface area contributed by atoms with Gasteiger partial charge in [0.25, 0.3) is 0 Å². The van der Waals surface area contributed by atoms with E-state index in [-0.39, 0.29) is 11.7 Å². The van der Waals surface area contributed by atoms with Gasteiger partial charge in [-0.05, 0) is 38.3 Å². The van der Waals surface area contributed by atoms with Crippen molar-refractivity contribution < 1.29 is 4.39 Å². The molecule has 4 heteroatoms. The molecule has 1 aliphatic rings. The van der Waals surface area contributed by atoms with E-state index in [1.54, 1.807) is 23.5 Å². The third-order valence-corrected chi connectivity index (χ3v) is 5.16. The zero-order chi connectivity index (χ0) is 14.8. The Morgan fingerprint density at radius 3 is 2.71 bits per heavy atom. The third kappa shape index (κ3) is 3.69. The molecule has 1 N–H and O–H groups in total. The number of aromatic nitrogens is 1. The van der Waals surface area contributed by atoms with Crippen molar-refractivity contribution in [2.45, 2.75) is 45.1 Å². The second-order valence-electron chi connectivity index (χ2n) is 5.85. The topological polar surface area (TPSA) is 24.9 Å². The smallest absolute Gasteiger partial charge is 0.126 e. The molecule has 21 heavy (non-hydrogen) atoms. The number of aryl methyl sites for hydroxylation is 2. The Bertz CT molecular complexity index is 600. The van der Waals surface area contributed by atoms with E-state index >= 15 is 0 Å². The minimum Gasteiger partial charge on any atom is -0.313 e. The van der Waals surface area contributed by atoms with Crippen LogP contribution in [0.4, 0.5) is 4.39 Å². The van der Waals surface area contributed by atoms with E-state index in [9.17, 15) is 4.39 Å². The van der Waals surface area contributed by atoms with E-state index in [2.05, 4.69) is 17.2 Å². The van der Waals surface area contributed by atoms with Crippen LogP contribution in [0.2, 0.25) is 0 Å². The molecular weight excluding hydrogens is 283 g/mol. The van der Waals surface area contributed by atoms with Gasteiger partial charge in [-0.2, -0.15) is 0 Å². The standard InChI is InChI=1S/C17H21FN2S/c1-11-12(2)21-17(20-11)9-13(10-19-14-7-8-14)15-5-3-4-6-16(15)18/h3-6,13-14,19H,7-10H2,1-2H3. The van der Waals surface area contributed by atoms with Gasteiger partial charge < -0.3 is 5.32 Å². The van der Waals surface area contributed by atoms with Crippen molar-refractivity contribution in [2.75, 3.05) is 6.54 Å². The minimum absolute atomic E-state index is 0.106. The van der Waals surface area contributed by atoms with Gasteiger partial charge in [0.2, 0.25) is 0 Å². The Balaban J connectivity index is 1.79. The maximum absolute atomic E-state index is 14.1. The number of rotatable bonds is 6. The van der Waals surface area contributed by atoms with Crippen LogP contribution in [-0.4, -0.2) is 17.6 Å². The van der Waals surface area contributed by atoms with Crippen LogP contribution in [0.25, 0.3) is 0 Å². The minimum atomic E-state index is -0.106. The number of hydrogen-bond acceptors (Lipinski definition) is 3. The Kier molecular flexibility index (Phi) is 4.36. The summed E-state index contributed by atoms with van der Waals surface area (Å²) in [5.41, 5.74) is 1.90. The zero-order valence-electron chi connectivity index (χ0n) is 12.5. The maximum Gasteiger partial charge on any atom is 0.126 e. The summed E-state index contributed by atoms with van der Waals surface area (Å²) in [6.07, 6.45) is 3.30. The SMILES string of the molecule is Cc1nc(CC(CNC2CC2)c2ccccc2F)sc1C. The lowest BCUT2D eigenvalue weighted by Crippen LogP contribution is -2.25. The first kappa shape index (κ1) is 14.7. The van der Waals surface area contributed by atoms with Crippen LogP contribution in [0.3, 0.4) is 0 Å². The first-order chi connectivity index (χ1) is 10.1. The fraction of sp³-hybridized carbons (Fsp3) is 0.471. The Morgan fingerprint density at radius 1 is 1.33 bits per heavy atom. The molecule has 1 heterocycles. The van der Waals surface area contributed by atoms with Gasteiger partial charge in [0.05, 0.1) is 10.7 Å². The van der Waals surface area contributed by atoms with Crippen molar-refractivity contribution in [3.63, 3.8) is 0 Å². The van der Waals surface area contributed by atoms with E-state index in [0.717, 1.165) is 29.2 Å². The van der Waals surface area contributed by atoms with Crippen LogP contribution >= 0.6 is 11.3 Å². The van der Waals surface area contributed by atoms with Crippen LogP contribution in [0.5, 0.6) is 0 Å². The maximum atomic E-state index is 14.1. The van der Waals surface area contributed by atoms with Gasteiger partial charge in [0.1, 0.15) is 5.82 Å². The Labute approximate surface area is 129 Å². The average molecular weight is 304 g/mol. The van der Waals surface area contributed by atoms with Crippen molar-refractivity contribution in [3.05, 3.63) is 51.2 Å². The van der Waals surface area contributed by atoms with Gasteiger partial charge in [0.15, 0.2) is 0 Å². The molecule has 1 unspecified atom stereocenters. The predicted molar refractivity (Wildman–Crippen MR) is 85.5 cm³/mol. The Hall–Kier alpha value is -1.26. The van der Waals surface area contributed by atoms with E-state index in [1.165, 1.54) is 17.7 Å². The number of nitrogens with zero attached hydrogens (tertiary/aromatic N) is 1. The van der Waals surface area contributed by atoms with Crippen LogP contribution in [0.1, 0.15) is 39.9 Å². The van der Waals surface area contributed by atoms with Crippen LogP contribution in [0, 0.1) is 19.7 Å². The molecule has 0 bridgehead atoms. The number of thiazole rings is 1. The fourth-order valence-corrected chi connectivity index (χ4v) is 3.55. The van der Waals surface area contributed by atoms with E-state index < -0.39 is 0 Å². The highest BCUT2D eigenvalue weighted by Crippen LogP contribution is 2.28. The molecule has 2 aromatic rings. The molecule has 3 rings (SSSR count). The summed E-state index contributed by atoms with van der Waals surface area (Å²) in [6, 6.07) is 7.77. The third-order valence-electron chi connectivity index (χ3n) is 4.07. The quantitative estimate of drug-likeness (QED) is 0.873. The highest BCUT2D eigenvalue weighted by molar-refractivity contribution is 7.11. The highest BCUT2D eigenvalue weighted by Gasteiger charge is 2.24. The molecule has 112 valence electrons. The molecule has 0 amide bonds. The van der Waals surface area contributed by atoms with Crippen molar-refractivity contribution in [3.8, 4) is 0 Å². The lowest BCUT2D eigenvalue weighted by atomic mass is 9.95. The van der Waals surface area contributed by atoms with Crippen molar-refractivity contribution in [1.29, 1.82) is 0 Å². The number of halogens is 1. The molecule has 1 aromatic carbocycles. The van der Waals surface area contributed by atoms with Crippen molar-refractivity contribution >= 4 is 11.3 Å². The van der Waals surface area contributed by atoms with Gasteiger partial charge in [-0.3, -0.25) is 0 Å². The molecule has 1 fully saturated rings. The molecule has 1 aliphatic carbocycles. The molecule has 0 aliphatic heterocycles. The summed E-state index contributed by atoms with van der Waals surface area (Å²) >= 11 is 1.73. The monoisotopic (exact) mass is 304 g/mol. The normalized spacial score (nSPS) is 16.1. The van der Waals surface area contributed by atoms with Crippen LogP contribution < -0.4 is 5.32 Å². The summed E-state index contributed by atoms with van der Waals surface area (Å²) in [5.74, 6) is 0.0434. The molecule has 0 spiro atoms. The number of nitrogens with one attached hydrogen (secondary N) is 1. The molecule has 1 saturated carbocycles. The lowest BCUT2D eigenvalue weighted by Gasteiger charge is -2.17. The van der Waals surface area contributed by atoms with Gasteiger partial charge in [0, 0.05) is 29.8 Å². The van der Waals surface area contributed by atoms with Gasteiger partial charge >= 0.3 is 0 Å². The second kappa shape index (κ2) is 6.24. The molecular formula is C17H21FN2S. The van der Waals surface area contributed by atoms with Crippen LogP contribution in [-0.2, 0) is 6.42 Å². The van der Waals surface area contributed by atoms with Gasteiger partial charge in [-0.15, -0.1) is 11.3 Å². The molecule has 1 atom stereocenters. The molecule has 0 saturated heterocycles. The zero-order valence-corrected chi connectivity index (χ0v) is 13.3. The van der Waals surface area contributed by atoms with E-state index in [0.29, 0.717) is 6.04 Å². The van der Waals surface area contributed by atoms with E-state index in [1.807, 2.05) is 19.1 Å². The number of benzene rings is 1. The summed E-state index contributed by atoms with van der Waals surface area (Å²) in [5, 5.41) is 4.64. The van der Waals surface area contributed by atoms with Crippen molar-refractivity contribution in [2.24, 2.45) is 0 Å². The number of hydrogen-bond donors (Lipinski definition) is 1. The summed E-state index contributed by atoms with van der Waals surface area (Å²) in [4.78, 5) is 5.87. The summed E-state index contributed by atoms with van der Waals surface area (Å²) in [7, 11) is 0. The van der Waals surface area contributed by atoms with E-state index in [4.69, 9.17) is 0 Å². The second-order valence-corrected chi connectivity index (χ2v) is 7.14. The lowest BCUT2D eigenvalue weighted by molar-refractivity contribution is 0.535. The highest BCUT2D eigenvalue weighted by atomic mass is 32.1. The summed E-state index contributed by atoms with van der Waals surface area (Å²) < 4.78 is 14.1. The van der Waals surface area contributed by atoms with Gasteiger partial charge in [-0.25, -0.2) is 9.37 Å². The first-order valence-corrected chi connectivity index (χ1v) is 8.36. The Morgan fingerprint density at radius 2 is 2.10 bits per heavy atom. The molecule has 0 radical (unpaired) electrons. The fourth-order valence-electron chi connectivity index (χ4n) is 2.53. The first-order valence-electron chi connectivity index (χ1n) is 7.54. The largest absolute Gasteiger partial charge is 0.313 e. The van der Waals surface area contributed by atoms with Crippen LogP contribution in [0.15, 0.2) is 24.3 Å². The summed E-state index contributed by atoms with van der Waals surface area (Å²) in [6.45, 7) is 4.95. The molecule has 1 aromatic heterocycles. The van der Waals surface area contributed by atoms with Gasteiger partial charge in [-0.1, -0.05) is 18.2 Å². The predicted octanol–water partition coefficient (Wildman–Crippen LogP) is 3.98. The molecule has 2 nitrogen and oxygen atoms in total.